The standard InChI is InChI=1S/C22H32N2O4/c1-15-8-7-9-16(2)21(15)24-19(25)14-23-22(27)17(3)28-20(26)13-12-18-10-5-4-6-11-18/h7-9,17-18H,4-6,10-14H2,1-3H3,(H,23,27)(H,24,25). The van der Waals surface area contributed by atoms with Crippen LogP contribution >= 0.6 is 0 Å². The highest BCUT2D eigenvalue weighted by Gasteiger charge is 2.20. The van der Waals surface area contributed by atoms with Gasteiger partial charge in [0.25, 0.3) is 5.91 Å². The Kier molecular flexibility index (Phi) is 8.48. The van der Waals surface area contributed by atoms with E-state index in [-0.39, 0.29) is 18.4 Å². The molecule has 0 spiro atoms. The molecule has 0 radical (unpaired) electrons. The molecule has 0 aromatic heterocycles. The molecule has 1 fully saturated rings. The summed E-state index contributed by atoms with van der Waals surface area (Å²) >= 11 is 0. The number of aryl methyl sites for hydroxylation is 2. The SMILES string of the molecule is Cc1cccc(C)c1NC(=O)CNC(=O)C(C)OC(=O)CCC1CCCCC1. The van der Waals surface area contributed by atoms with Crippen LogP contribution < -0.4 is 10.6 Å². The van der Waals surface area contributed by atoms with Gasteiger partial charge < -0.3 is 15.4 Å². The summed E-state index contributed by atoms with van der Waals surface area (Å²) in [4.78, 5) is 36.2. The Hall–Kier alpha value is -2.37. The summed E-state index contributed by atoms with van der Waals surface area (Å²) in [5.74, 6) is -0.545. The molecule has 1 aliphatic rings. The maximum absolute atomic E-state index is 12.1. The Bertz CT molecular complexity index is 676. The van der Waals surface area contributed by atoms with Crippen LogP contribution in [0.15, 0.2) is 18.2 Å². The molecular formula is C22H32N2O4. The van der Waals surface area contributed by atoms with Gasteiger partial charge in [-0.15, -0.1) is 0 Å². The van der Waals surface area contributed by atoms with E-state index in [1.54, 1.807) is 0 Å². The van der Waals surface area contributed by atoms with Crippen molar-refractivity contribution in [2.75, 3.05) is 11.9 Å². The summed E-state index contributed by atoms with van der Waals surface area (Å²) in [7, 11) is 0. The van der Waals surface area contributed by atoms with Gasteiger partial charge in [-0.05, 0) is 44.2 Å². The molecule has 1 aromatic rings. The third-order valence-corrected chi connectivity index (χ3v) is 5.33. The second-order valence-corrected chi connectivity index (χ2v) is 7.71. The van der Waals surface area contributed by atoms with E-state index in [0.29, 0.717) is 12.3 Å². The third-order valence-electron chi connectivity index (χ3n) is 5.33. The zero-order valence-electron chi connectivity index (χ0n) is 17.2. The number of anilines is 1. The molecule has 0 heterocycles. The molecule has 2 N–H and O–H groups in total. The van der Waals surface area contributed by atoms with Crippen LogP contribution in [0.3, 0.4) is 0 Å². The Labute approximate surface area is 167 Å². The number of para-hydroxylation sites is 1. The van der Waals surface area contributed by atoms with Crippen molar-refractivity contribution in [2.45, 2.75) is 71.8 Å². The van der Waals surface area contributed by atoms with Crippen LogP contribution in [-0.4, -0.2) is 30.4 Å². The van der Waals surface area contributed by atoms with Crippen molar-refractivity contribution in [1.29, 1.82) is 0 Å². The molecule has 6 heteroatoms. The van der Waals surface area contributed by atoms with Crippen molar-refractivity contribution in [3.63, 3.8) is 0 Å². The summed E-state index contributed by atoms with van der Waals surface area (Å²) in [6, 6.07) is 5.75. The largest absolute Gasteiger partial charge is 0.453 e. The smallest absolute Gasteiger partial charge is 0.306 e. The number of amides is 2. The molecule has 2 amide bonds. The highest BCUT2D eigenvalue weighted by Crippen LogP contribution is 2.27. The molecule has 1 aliphatic carbocycles. The van der Waals surface area contributed by atoms with E-state index in [1.165, 1.54) is 39.0 Å². The molecule has 154 valence electrons. The van der Waals surface area contributed by atoms with Crippen molar-refractivity contribution >= 4 is 23.5 Å². The summed E-state index contributed by atoms with van der Waals surface area (Å²) in [6.07, 6.45) is 6.38. The number of carbonyl (C=O) groups excluding carboxylic acids is 3. The van der Waals surface area contributed by atoms with Gasteiger partial charge >= 0.3 is 5.97 Å². The number of esters is 1. The summed E-state index contributed by atoms with van der Waals surface area (Å²) in [6.45, 7) is 5.18. The fourth-order valence-corrected chi connectivity index (χ4v) is 3.61. The lowest BCUT2D eigenvalue weighted by Crippen LogP contribution is -2.40. The number of nitrogens with one attached hydrogen (secondary N) is 2. The van der Waals surface area contributed by atoms with Crippen LogP contribution in [0, 0.1) is 19.8 Å². The normalized spacial score (nSPS) is 15.5. The average Bonchev–Trinajstić information content (AvgIpc) is 2.68. The lowest BCUT2D eigenvalue weighted by atomic mass is 9.86. The summed E-state index contributed by atoms with van der Waals surface area (Å²) < 4.78 is 5.21. The minimum absolute atomic E-state index is 0.170. The van der Waals surface area contributed by atoms with Crippen molar-refractivity contribution in [3.8, 4) is 0 Å². The predicted molar refractivity (Wildman–Crippen MR) is 109 cm³/mol. The van der Waals surface area contributed by atoms with Gasteiger partial charge in [0.2, 0.25) is 5.91 Å². The molecule has 0 bridgehead atoms. The molecule has 0 saturated heterocycles. The van der Waals surface area contributed by atoms with E-state index in [4.69, 9.17) is 4.74 Å². The second kappa shape index (κ2) is 10.8. The number of ether oxygens (including phenoxy) is 1. The highest BCUT2D eigenvalue weighted by atomic mass is 16.5. The van der Waals surface area contributed by atoms with Crippen LogP contribution in [0.1, 0.15) is 63.0 Å². The predicted octanol–water partition coefficient (Wildman–Crippen LogP) is 3.65. The maximum atomic E-state index is 12.1. The van der Waals surface area contributed by atoms with Crippen LogP contribution in [0.2, 0.25) is 0 Å². The highest BCUT2D eigenvalue weighted by molar-refractivity contribution is 5.96. The first-order chi connectivity index (χ1) is 13.4. The molecule has 2 rings (SSSR count). The van der Waals surface area contributed by atoms with Crippen LogP contribution in [0.4, 0.5) is 5.69 Å². The molecule has 28 heavy (non-hydrogen) atoms. The fourth-order valence-electron chi connectivity index (χ4n) is 3.61. The number of rotatable bonds is 8. The first-order valence-electron chi connectivity index (χ1n) is 10.2. The van der Waals surface area contributed by atoms with Gasteiger partial charge in [0.15, 0.2) is 6.10 Å². The zero-order valence-corrected chi connectivity index (χ0v) is 17.2. The van der Waals surface area contributed by atoms with Gasteiger partial charge in [0, 0.05) is 12.1 Å². The van der Waals surface area contributed by atoms with E-state index < -0.39 is 12.0 Å². The first-order valence-corrected chi connectivity index (χ1v) is 10.2. The monoisotopic (exact) mass is 388 g/mol. The van der Waals surface area contributed by atoms with Crippen LogP contribution in [0.25, 0.3) is 0 Å². The van der Waals surface area contributed by atoms with Gasteiger partial charge in [0.1, 0.15) is 0 Å². The topological polar surface area (TPSA) is 84.5 Å². The molecular weight excluding hydrogens is 356 g/mol. The number of hydrogen-bond acceptors (Lipinski definition) is 4. The van der Waals surface area contributed by atoms with Gasteiger partial charge in [0.05, 0.1) is 6.54 Å². The van der Waals surface area contributed by atoms with Gasteiger partial charge in [-0.25, -0.2) is 0 Å². The molecule has 0 aliphatic heterocycles. The first kappa shape index (κ1) is 21.9. The fraction of sp³-hybridized carbons (Fsp3) is 0.591. The zero-order chi connectivity index (χ0) is 20.5. The lowest BCUT2D eigenvalue weighted by molar-refractivity contribution is -0.155. The summed E-state index contributed by atoms with van der Waals surface area (Å²) in [5, 5.41) is 5.33. The maximum Gasteiger partial charge on any atom is 0.306 e. The van der Waals surface area contributed by atoms with Crippen LogP contribution in [-0.2, 0) is 19.1 Å². The number of hydrogen-bond donors (Lipinski definition) is 2. The minimum atomic E-state index is -0.910. The van der Waals surface area contributed by atoms with Gasteiger partial charge in [-0.2, -0.15) is 0 Å². The Morgan fingerprint density at radius 2 is 1.75 bits per heavy atom. The third kappa shape index (κ3) is 6.98. The molecule has 1 atom stereocenters. The van der Waals surface area contributed by atoms with E-state index in [1.807, 2.05) is 32.0 Å². The molecule has 1 aromatic carbocycles. The van der Waals surface area contributed by atoms with E-state index in [0.717, 1.165) is 23.2 Å². The van der Waals surface area contributed by atoms with Gasteiger partial charge in [-0.1, -0.05) is 50.3 Å². The van der Waals surface area contributed by atoms with E-state index in [2.05, 4.69) is 10.6 Å². The minimum Gasteiger partial charge on any atom is -0.453 e. The second-order valence-electron chi connectivity index (χ2n) is 7.71. The Morgan fingerprint density at radius 3 is 2.39 bits per heavy atom. The van der Waals surface area contributed by atoms with Crippen LogP contribution in [0.5, 0.6) is 0 Å². The lowest BCUT2D eigenvalue weighted by Gasteiger charge is -2.21. The molecule has 1 unspecified atom stereocenters. The Morgan fingerprint density at radius 1 is 1.11 bits per heavy atom. The van der Waals surface area contributed by atoms with Crippen molar-refractivity contribution in [3.05, 3.63) is 29.3 Å². The van der Waals surface area contributed by atoms with E-state index in [9.17, 15) is 14.4 Å². The van der Waals surface area contributed by atoms with Crippen molar-refractivity contribution in [1.82, 2.24) is 5.32 Å². The number of benzene rings is 1. The van der Waals surface area contributed by atoms with Crippen molar-refractivity contribution < 1.29 is 19.1 Å². The summed E-state index contributed by atoms with van der Waals surface area (Å²) in [5.41, 5.74) is 2.67. The van der Waals surface area contributed by atoms with Gasteiger partial charge in [-0.3, -0.25) is 14.4 Å². The molecule has 6 nitrogen and oxygen atoms in total. The Balaban J connectivity index is 1.69. The molecule has 1 saturated carbocycles. The quantitative estimate of drug-likeness (QED) is 0.666. The van der Waals surface area contributed by atoms with E-state index >= 15 is 0 Å². The van der Waals surface area contributed by atoms with Crippen molar-refractivity contribution in [2.24, 2.45) is 5.92 Å². The average molecular weight is 389 g/mol. The number of carbonyl (C=O) groups is 3.